The molecule has 5 heteroatoms. The van der Waals surface area contributed by atoms with E-state index in [1.807, 2.05) is 19.0 Å². The molecule has 0 aromatic carbocycles. The van der Waals surface area contributed by atoms with Gasteiger partial charge in [-0.3, -0.25) is 14.5 Å². The van der Waals surface area contributed by atoms with Gasteiger partial charge in [0.05, 0.1) is 0 Å². The fraction of sp³-hybridized carbons (Fsp3) is 0.818. The van der Waals surface area contributed by atoms with Crippen LogP contribution in [0.2, 0.25) is 0 Å². The Kier molecular flexibility index (Phi) is 4.73. The second kappa shape index (κ2) is 5.84. The molecule has 0 bridgehead atoms. The fourth-order valence-corrected chi connectivity index (χ4v) is 2.01. The van der Waals surface area contributed by atoms with E-state index in [9.17, 15) is 9.59 Å². The molecule has 1 atom stereocenters. The normalized spacial score (nSPS) is 25.5. The van der Waals surface area contributed by atoms with Crippen LogP contribution < -0.4 is 0 Å². The SMILES string of the molecule is CN1CCCC1=O.CN1CCCC1C(=O)O. The van der Waals surface area contributed by atoms with Crippen molar-refractivity contribution < 1.29 is 14.7 Å². The number of carboxylic acid groups (broad SMARTS) is 1. The van der Waals surface area contributed by atoms with Gasteiger partial charge in [0.1, 0.15) is 6.04 Å². The topological polar surface area (TPSA) is 60.9 Å². The molecule has 0 spiro atoms. The number of hydrogen-bond acceptors (Lipinski definition) is 3. The van der Waals surface area contributed by atoms with Crippen molar-refractivity contribution >= 4 is 11.9 Å². The number of amides is 1. The predicted octanol–water partition coefficient (Wildman–Crippen LogP) is 0.404. The van der Waals surface area contributed by atoms with E-state index in [0.717, 1.165) is 38.8 Å². The average molecular weight is 228 g/mol. The van der Waals surface area contributed by atoms with Crippen molar-refractivity contribution in [2.45, 2.75) is 31.7 Å². The lowest BCUT2D eigenvalue weighted by Crippen LogP contribution is -2.32. The molecule has 2 aliphatic heterocycles. The molecule has 1 amide bonds. The summed E-state index contributed by atoms with van der Waals surface area (Å²) in [6, 6.07) is -0.218. The van der Waals surface area contributed by atoms with E-state index in [0.29, 0.717) is 5.91 Å². The maximum Gasteiger partial charge on any atom is 0.320 e. The van der Waals surface area contributed by atoms with Crippen molar-refractivity contribution in [1.29, 1.82) is 0 Å². The smallest absolute Gasteiger partial charge is 0.320 e. The van der Waals surface area contributed by atoms with Crippen LogP contribution in [-0.2, 0) is 9.59 Å². The minimum Gasteiger partial charge on any atom is -0.480 e. The number of rotatable bonds is 1. The minimum atomic E-state index is -0.685. The Morgan fingerprint density at radius 2 is 2.00 bits per heavy atom. The highest BCUT2D eigenvalue weighted by Crippen LogP contribution is 2.13. The number of aliphatic carboxylic acids is 1. The first-order valence-electron chi connectivity index (χ1n) is 5.69. The number of likely N-dealkylation sites (N-methyl/N-ethyl adjacent to an activating group) is 1. The van der Waals surface area contributed by atoms with Gasteiger partial charge in [-0.25, -0.2) is 0 Å². The Bertz CT molecular complexity index is 268. The molecule has 2 fully saturated rings. The molecule has 2 rings (SSSR count). The third-order valence-electron chi connectivity index (χ3n) is 3.12. The lowest BCUT2D eigenvalue weighted by atomic mass is 10.2. The molecular formula is C11H20N2O3. The molecule has 0 radical (unpaired) electrons. The summed E-state index contributed by atoms with van der Waals surface area (Å²) in [7, 11) is 3.70. The maximum atomic E-state index is 10.5. The summed E-state index contributed by atoms with van der Waals surface area (Å²) in [5.74, 6) is -0.394. The van der Waals surface area contributed by atoms with Gasteiger partial charge < -0.3 is 10.0 Å². The van der Waals surface area contributed by atoms with E-state index in [1.54, 1.807) is 4.90 Å². The lowest BCUT2D eigenvalue weighted by molar-refractivity contribution is -0.141. The minimum absolute atomic E-state index is 0.218. The van der Waals surface area contributed by atoms with Crippen LogP contribution in [0.25, 0.3) is 0 Å². The Morgan fingerprint density at radius 1 is 1.31 bits per heavy atom. The van der Waals surface area contributed by atoms with Gasteiger partial charge in [-0.1, -0.05) is 0 Å². The van der Waals surface area contributed by atoms with E-state index in [4.69, 9.17) is 5.11 Å². The molecule has 1 N–H and O–H groups in total. The zero-order valence-electron chi connectivity index (χ0n) is 9.98. The van der Waals surface area contributed by atoms with Crippen LogP contribution in [0.1, 0.15) is 25.7 Å². The van der Waals surface area contributed by atoms with Gasteiger partial charge in [0.15, 0.2) is 0 Å². The van der Waals surface area contributed by atoms with Crippen LogP contribution in [0.15, 0.2) is 0 Å². The molecule has 2 aliphatic rings. The maximum absolute atomic E-state index is 10.5. The molecule has 16 heavy (non-hydrogen) atoms. The highest BCUT2D eigenvalue weighted by molar-refractivity contribution is 5.77. The number of carbonyl (C=O) groups excluding carboxylic acids is 1. The molecule has 0 aromatic heterocycles. The van der Waals surface area contributed by atoms with Crippen molar-refractivity contribution in [3.63, 3.8) is 0 Å². The van der Waals surface area contributed by atoms with Crippen LogP contribution in [0.3, 0.4) is 0 Å². The van der Waals surface area contributed by atoms with E-state index in [-0.39, 0.29) is 6.04 Å². The summed E-state index contributed by atoms with van der Waals surface area (Å²) in [6.45, 7) is 1.88. The first-order chi connectivity index (χ1) is 7.52. The van der Waals surface area contributed by atoms with E-state index < -0.39 is 5.97 Å². The molecule has 0 aliphatic carbocycles. The van der Waals surface area contributed by atoms with E-state index >= 15 is 0 Å². The van der Waals surface area contributed by atoms with Crippen LogP contribution in [0.4, 0.5) is 0 Å². The van der Waals surface area contributed by atoms with Gasteiger partial charge in [0.2, 0.25) is 5.91 Å². The monoisotopic (exact) mass is 228 g/mol. The second-order valence-electron chi connectivity index (χ2n) is 4.40. The second-order valence-corrected chi connectivity index (χ2v) is 4.40. The van der Waals surface area contributed by atoms with Crippen LogP contribution in [-0.4, -0.2) is 60.0 Å². The zero-order chi connectivity index (χ0) is 12.1. The molecular weight excluding hydrogens is 208 g/mol. The van der Waals surface area contributed by atoms with Gasteiger partial charge >= 0.3 is 5.97 Å². The van der Waals surface area contributed by atoms with Crippen molar-refractivity contribution in [3.8, 4) is 0 Å². The van der Waals surface area contributed by atoms with Gasteiger partial charge in [0, 0.05) is 20.0 Å². The first kappa shape index (κ1) is 13.0. The Morgan fingerprint density at radius 3 is 2.19 bits per heavy atom. The van der Waals surface area contributed by atoms with Gasteiger partial charge in [-0.2, -0.15) is 0 Å². The molecule has 0 saturated carbocycles. The average Bonchev–Trinajstić information content (AvgIpc) is 2.78. The first-order valence-corrected chi connectivity index (χ1v) is 5.69. The summed E-state index contributed by atoms with van der Waals surface area (Å²) in [6.07, 6.45) is 3.64. The predicted molar refractivity (Wildman–Crippen MR) is 60.2 cm³/mol. The summed E-state index contributed by atoms with van der Waals surface area (Å²) >= 11 is 0. The molecule has 2 heterocycles. The number of nitrogens with zero attached hydrogens (tertiary/aromatic N) is 2. The van der Waals surface area contributed by atoms with Gasteiger partial charge in [-0.05, 0) is 32.9 Å². The number of hydrogen-bond donors (Lipinski definition) is 1. The molecule has 2 saturated heterocycles. The Labute approximate surface area is 96.0 Å². The zero-order valence-corrected chi connectivity index (χ0v) is 9.98. The van der Waals surface area contributed by atoms with Crippen LogP contribution in [0, 0.1) is 0 Å². The van der Waals surface area contributed by atoms with Crippen molar-refractivity contribution in [2.75, 3.05) is 27.2 Å². The molecule has 0 aromatic rings. The van der Waals surface area contributed by atoms with Gasteiger partial charge in [-0.15, -0.1) is 0 Å². The Hall–Kier alpha value is -1.10. The quantitative estimate of drug-likeness (QED) is 0.706. The molecule has 5 nitrogen and oxygen atoms in total. The number of likely N-dealkylation sites (tertiary alicyclic amines) is 2. The van der Waals surface area contributed by atoms with Gasteiger partial charge in [0.25, 0.3) is 0 Å². The summed E-state index contributed by atoms with van der Waals surface area (Å²) in [5, 5.41) is 8.54. The molecule has 92 valence electrons. The van der Waals surface area contributed by atoms with Crippen LogP contribution in [0.5, 0.6) is 0 Å². The third-order valence-corrected chi connectivity index (χ3v) is 3.12. The van der Waals surface area contributed by atoms with Crippen molar-refractivity contribution in [3.05, 3.63) is 0 Å². The summed E-state index contributed by atoms with van der Waals surface area (Å²) < 4.78 is 0. The Balaban J connectivity index is 0.000000165. The third kappa shape index (κ3) is 3.48. The highest BCUT2D eigenvalue weighted by Gasteiger charge is 2.26. The van der Waals surface area contributed by atoms with E-state index in [2.05, 4.69) is 0 Å². The fourth-order valence-electron chi connectivity index (χ4n) is 2.01. The number of carbonyl (C=O) groups is 2. The number of carboxylic acids is 1. The van der Waals surface area contributed by atoms with Crippen molar-refractivity contribution in [1.82, 2.24) is 9.80 Å². The van der Waals surface area contributed by atoms with Crippen molar-refractivity contribution in [2.24, 2.45) is 0 Å². The highest BCUT2D eigenvalue weighted by atomic mass is 16.4. The summed E-state index contributed by atoms with van der Waals surface area (Å²) in [4.78, 5) is 24.5. The standard InChI is InChI=1S/C6H11NO2.C5H9NO/c1-7-4-2-3-5(7)6(8)9;1-6-4-2-3-5(6)7/h5H,2-4H2,1H3,(H,8,9);2-4H2,1H3. The molecule has 1 unspecified atom stereocenters. The van der Waals surface area contributed by atoms with Crippen LogP contribution >= 0.6 is 0 Å². The summed E-state index contributed by atoms with van der Waals surface area (Å²) in [5.41, 5.74) is 0. The largest absolute Gasteiger partial charge is 0.480 e. The lowest BCUT2D eigenvalue weighted by Gasteiger charge is -2.13. The van der Waals surface area contributed by atoms with E-state index in [1.165, 1.54) is 0 Å².